The van der Waals surface area contributed by atoms with Gasteiger partial charge in [0, 0.05) is 12.1 Å². The molecule has 1 N–H and O–H groups in total. The number of benzene rings is 3. The normalized spacial score (nSPS) is 10.9. The first-order valence-corrected chi connectivity index (χ1v) is 10.9. The lowest BCUT2D eigenvalue weighted by Gasteiger charge is -2.10. The van der Waals surface area contributed by atoms with Crippen LogP contribution in [0.2, 0.25) is 0 Å². The zero-order valence-electron chi connectivity index (χ0n) is 17.1. The van der Waals surface area contributed by atoms with Crippen molar-refractivity contribution >= 4 is 34.4 Å². The lowest BCUT2D eigenvalue weighted by atomic mass is 10.1. The number of carbonyl (C=O) groups excluding carboxylic acids is 1. The topological polar surface area (TPSA) is 54.9 Å². The van der Waals surface area contributed by atoms with Crippen LogP contribution in [-0.2, 0) is 11.2 Å². The molecule has 5 heteroatoms. The van der Waals surface area contributed by atoms with E-state index < -0.39 is 0 Å². The second-order valence-corrected chi connectivity index (χ2v) is 8.30. The molecular weight excluding hydrogens is 390 g/mol. The summed E-state index contributed by atoms with van der Waals surface area (Å²) in [6.45, 7) is 4.08. The summed E-state index contributed by atoms with van der Waals surface area (Å²) in [6.07, 6.45) is 0.681. The van der Waals surface area contributed by atoms with Crippen molar-refractivity contribution in [1.29, 1.82) is 0 Å². The zero-order chi connectivity index (χ0) is 20.9. The first kappa shape index (κ1) is 20.1. The molecule has 0 aliphatic carbocycles. The van der Waals surface area contributed by atoms with Crippen LogP contribution in [0.5, 0.6) is 0 Å². The van der Waals surface area contributed by atoms with E-state index in [0.29, 0.717) is 6.42 Å². The Labute approximate surface area is 180 Å². The van der Waals surface area contributed by atoms with Crippen LogP contribution in [0.25, 0.3) is 11.0 Å². The van der Waals surface area contributed by atoms with Crippen LogP contribution in [0.4, 0.5) is 5.69 Å². The van der Waals surface area contributed by atoms with E-state index in [1.54, 1.807) is 0 Å². The quantitative estimate of drug-likeness (QED) is 0.420. The minimum Gasteiger partial charge on any atom is -0.325 e. The molecular formula is C25H23N3OS. The molecule has 4 rings (SSSR count). The lowest BCUT2D eigenvalue weighted by Crippen LogP contribution is -2.14. The van der Waals surface area contributed by atoms with Gasteiger partial charge in [0.2, 0.25) is 5.91 Å². The van der Waals surface area contributed by atoms with E-state index in [1.165, 1.54) is 22.9 Å². The van der Waals surface area contributed by atoms with Crippen molar-refractivity contribution in [3.63, 3.8) is 0 Å². The summed E-state index contributed by atoms with van der Waals surface area (Å²) in [5.41, 5.74) is 6.93. The number of para-hydroxylation sites is 2. The van der Waals surface area contributed by atoms with Crippen LogP contribution in [0, 0.1) is 13.8 Å². The van der Waals surface area contributed by atoms with E-state index in [0.717, 1.165) is 33.0 Å². The van der Waals surface area contributed by atoms with Crippen molar-refractivity contribution in [1.82, 2.24) is 9.97 Å². The zero-order valence-corrected chi connectivity index (χ0v) is 17.9. The number of nitrogens with one attached hydrogen (secondary N) is 1. The van der Waals surface area contributed by atoms with E-state index >= 15 is 0 Å². The summed E-state index contributed by atoms with van der Waals surface area (Å²) in [6, 6.07) is 24.1. The van der Waals surface area contributed by atoms with E-state index in [2.05, 4.69) is 36.5 Å². The first-order chi connectivity index (χ1) is 14.6. The highest BCUT2D eigenvalue weighted by Crippen LogP contribution is 2.25. The highest BCUT2D eigenvalue weighted by Gasteiger charge is 2.13. The molecule has 0 saturated heterocycles. The fraction of sp³-hybridized carbons (Fsp3) is 0.160. The Balaban J connectivity index is 1.55. The molecule has 0 saturated carbocycles. The molecule has 1 amide bonds. The molecule has 0 unspecified atom stereocenters. The maximum atomic E-state index is 12.5. The van der Waals surface area contributed by atoms with Gasteiger partial charge < -0.3 is 5.32 Å². The monoisotopic (exact) mass is 413 g/mol. The molecule has 0 spiro atoms. The number of aryl methyl sites for hydroxylation is 2. The molecule has 1 aromatic heterocycles. The van der Waals surface area contributed by atoms with Gasteiger partial charge in [-0.1, -0.05) is 65.9 Å². The van der Waals surface area contributed by atoms with Gasteiger partial charge in [0.05, 0.1) is 22.5 Å². The molecule has 150 valence electrons. The predicted molar refractivity (Wildman–Crippen MR) is 124 cm³/mol. The first-order valence-electron chi connectivity index (χ1n) is 9.87. The third kappa shape index (κ3) is 5.05. The SMILES string of the molecule is Cc1ccc(Cc2nc3ccccc3nc2SCC(=O)Nc2cccc(C)c2)cc1. The number of anilines is 1. The molecule has 30 heavy (non-hydrogen) atoms. The van der Waals surface area contributed by atoms with Gasteiger partial charge in [0.15, 0.2) is 0 Å². The van der Waals surface area contributed by atoms with E-state index in [4.69, 9.17) is 9.97 Å². The van der Waals surface area contributed by atoms with Crippen LogP contribution in [0.1, 0.15) is 22.4 Å². The van der Waals surface area contributed by atoms with Crippen LogP contribution < -0.4 is 5.32 Å². The predicted octanol–water partition coefficient (Wildman–Crippen LogP) is 5.57. The van der Waals surface area contributed by atoms with E-state index in [1.807, 2.05) is 55.5 Å². The number of nitrogens with zero attached hydrogens (tertiary/aromatic N) is 2. The Hall–Kier alpha value is -3.18. The number of carbonyl (C=O) groups is 1. The van der Waals surface area contributed by atoms with Crippen molar-refractivity contribution in [2.24, 2.45) is 0 Å². The molecule has 0 aliphatic rings. The lowest BCUT2D eigenvalue weighted by molar-refractivity contribution is -0.113. The molecule has 0 bridgehead atoms. The molecule has 1 heterocycles. The van der Waals surface area contributed by atoms with Gasteiger partial charge in [-0.3, -0.25) is 4.79 Å². The summed E-state index contributed by atoms with van der Waals surface area (Å²) in [5, 5.41) is 3.76. The van der Waals surface area contributed by atoms with Crippen LogP contribution in [0.15, 0.2) is 77.8 Å². The average Bonchev–Trinajstić information content (AvgIpc) is 2.74. The number of fused-ring (bicyclic) bond motifs is 1. The number of amides is 1. The van der Waals surface area contributed by atoms with Crippen molar-refractivity contribution in [2.45, 2.75) is 25.3 Å². The molecule has 3 aromatic carbocycles. The molecule has 0 radical (unpaired) electrons. The molecule has 0 fully saturated rings. The van der Waals surface area contributed by atoms with Crippen LogP contribution in [0.3, 0.4) is 0 Å². The van der Waals surface area contributed by atoms with E-state index in [9.17, 15) is 4.79 Å². The second-order valence-electron chi connectivity index (χ2n) is 7.33. The number of thioether (sulfide) groups is 1. The van der Waals surface area contributed by atoms with Gasteiger partial charge >= 0.3 is 0 Å². The Bertz CT molecular complexity index is 1190. The summed E-state index contributed by atoms with van der Waals surface area (Å²) >= 11 is 1.43. The largest absolute Gasteiger partial charge is 0.325 e. The van der Waals surface area contributed by atoms with Gasteiger partial charge in [0.1, 0.15) is 5.03 Å². The van der Waals surface area contributed by atoms with E-state index in [-0.39, 0.29) is 11.7 Å². The summed E-state index contributed by atoms with van der Waals surface area (Å²) in [7, 11) is 0. The molecule has 0 atom stereocenters. The van der Waals surface area contributed by atoms with Crippen molar-refractivity contribution in [2.75, 3.05) is 11.1 Å². The summed E-state index contributed by atoms with van der Waals surface area (Å²) in [5.74, 6) is 0.226. The minimum atomic E-state index is -0.0538. The minimum absolute atomic E-state index is 0.0538. The molecule has 0 aliphatic heterocycles. The van der Waals surface area contributed by atoms with Gasteiger partial charge in [0.25, 0.3) is 0 Å². The van der Waals surface area contributed by atoms with Gasteiger partial charge in [-0.05, 0) is 49.2 Å². The summed E-state index contributed by atoms with van der Waals surface area (Å²) < 4.78 is 0. The van der Waals surface area contributed by atoms with Gasteiger partial charge in [-0.25, -0.2) is 9.97 Å². The Morgan fingerprint density at radius 2 is 1.60 bits per heavy atom. The maximum absolute atomic E-state index is 12.5. The van der Waals surface area contributed by atoms with Gasteiger partial charge in [-0.2, -0.15) is 0 Å². The Morgan fingerprint density at radius 1 is 0.867 bits per heavy atom. The number of hydrogen-bond acceptors (Lipinski definition) is 4. The smallest absolute Gasteiger partial charge is 0.234 e. The fourth-order valence-electron chi connectivity index (χ4n) is 3.20. The van der Waals surface area contributed by atoms with Crippen molar-refractivity contribution in [3.05, 3.63) is 95.2 Å². The molecule has 4 nitrogen and oxygen atoms in total. The van der Waals surface area contributed by atoms with Gasteiger partial charge in [-0.15, -0.1) is 0 Å². The van der Waals surface area contributed by atoms with Crippen LogP contribution in [-0.4, -0.2) is 21.6 Å². The molecule has 4 aromatic rings. The van der Waals surface area contributed by atoms with Crippen LogP contribution >= 0.6 is 11.8 Å². The third-order valence-corrected chi connectivity index (χ3v) is 5.75. The Morgan fingerprint density at radius 3 is 2.33 bits per heavy atom. The summed E-state index contributed by atoms with van der Waals surface area (Å²) in [4.78, 5) is 22.1. The maximum Gasteiger partial charge on any atom is 0.234 e. The number of hydrogen-bond donors (Lipinski definition) is 1. The standard InChI is InChI=1S/C25H23N3OS/c1-17-10-12-19(13-11-17)15-23-25(28-22-9-4-3-8-21(22)27-23)30-16-24(29)26-20-7-5-6-18(2)14-20/h3-14H,15-16H2,1-2H3,(H,26,29). The highest BCUT2D eigenvalue weighted by atomic mass is 32.2. The average molecular weight is 414 g/mol. The fourth-order valence-corrected chi connectivity index (χ4v) is 3.99. The highest BCUT2D eigenvalue weighted by molar-refractivity contribution is 8.00. The van der Waals surface area contributed by atoms with Crippen molar-refractivity contribution < 1.29 is 4.79 Å². The number of rotatable bonds is 6. The third-order valence-electron chi connectivity index (χ3n) is 4.74. The van der Waals surface area contributed by atoms with Crippen molar-refractivity contribution in [3.8, 4) is 0 Å². The number of aromatic nitrogens is 2. The Kier molecular flexibility index (Phi) is 6.10. The second kappa shape index (κ2) is 9.09.